The smallest absolute Gasteiger partial charge is 0.329 e. The monoisotopic (exact) mass is 322 g/mol. The van der Waals surface area contributed by atoms with Crippen LogP contribution in [0.5, 0.6) is 0 Å². The van der Waals surface area contributed by atoms with E-state index in [2.05, 4.69) is 9.97 Å². The lowest BCUT2D eigenvalue weighted by atomic mass is 10.1. The highest BCUT2D eigenvalue weighted by Gasteiger charge is 2.18. The fraction of sp³-hybridized carbons (Fsp3) is 0.222. The topological polar surface area (TPSA) is 69.8 Å². The minimum Gasteiger partial charge on any atom is -0.329 e. The lowest BCUT2D eigenvalue weighted by Gasteiger charge is -2.14. The summed E-state index contributed by atoms with van der Waals surface area (Å²) in [5, 5.41) is 0. The molecule has 2 heterocycles. The Labute approximate surface area is 139 Å². The highest BCUT2D eigenvalue weighted by Crippen LogP contribution is 2.20. The van der Waals surface area contributed by atoms with Crippen molar-refractivity contribution in [1.29, 1.82) is 0 Å². The zero-order valence-electron chi connectivity index (χ0n) is 13.9. The van der Waals surface area contributed by atoms with Gasteiger partial charge in [-0.15, -0.1) is 0 Å². The molecule has 0 aliphatic carbocycles. The van der Waals surface area contributed by atoms with Crippen LogP contribution in [0.4, 0.5) is 0 Å². The predicted octanol–water partition coefficient (Wildman–Crippen LogP) is 2.02. The van der Waals surface area contributed by atoms with Gasteiger partial charge in [0, 0.05) is 19.8 Å². The van der Waals surface area contributed by atoms with Gasteiger partial charge in [0.25, 0.3) is 5.56 Å². The van der Waals surface area contributed by atoms with E-state index in [1.165, 1.54) is 7.05 Å². The van der Waals surface area contributed by atoms with E-state index in [0.717, 1.165) is 15.7 Å². The van der Waals surface area contributed by atoms with Gasteiger partial charge < -0.3 is 4.57 Å². The van der Waals surface area contributed by atoms with Crippen molar-refractivity contribution in [1.82, 2.24) is 19.1 Å². The number of allylic oxidation sites excluding steroid dienone is 1. The minimum absolute atomic E-state index is 0.206. The molecule has 0 saturated carbocycles. The summed E-state index contributed by atoms with van der Waals surface area (Å²) < 4.78 is 2.76. The number of rotatable bonds is 3. The minimum atomic E-state index is -0.569. The van der Waals surface area contributed by atoms with Crippen LogP contribution in [-0.4, -0.2) is 19.1 Å². The molecule has 2 aliphatic heterocycles. The van der Waals surface area contributed by atoms with Gasteiger partial charge in [-0.2, -0.15) is 4.98 Å². The number of benzene rings is 1. The molecule has 0 aromatic heterocycles. The molecule has 1 aromatic rings. The SMILES string of the molecule is CCn1cc(/C(C)=C/c2ccccc2)nc2c(=O)n(C)c(=O)nc1-2. The molecule has 0 radical (unpaired) electrons. The summed E-state index contributed by atoms with van der Waals surface area (Å²) in [7, 11) is 1.41. The summed E-state index contributed by atoms with van der Waals surface area (Å²) >= 11 is 0. The van der Waals surface area contributed by atoms with E-state index in [-0.39, 0.29) is 5.69 Å². The molecule has 6 heteroatoms. The molecule has 1 aromatic carbocycles. The Morgan fingerprint density at radius 1 is 1.17 bits per heavy atom. The second kappa shape index (κ2) is 6.23. The fourth-order valence-electron chi connectivity index (χ4n) is 2.52. The molecule has 0 bridgehead atoms. The average Bonchev–Trinajstić information content (AvgIpc) is 2.60. The molecule has 0 spiro atoms. The first-order chi connectivity index (χ1) is 11.5. The molecule has 0 amide bonds. The number of hydrogen-bond donors (Lipinski definition) is 0. The lowest BCUT2D eigenvalue weighted by molar-refractivity contribution is 0.694. The zero-order valence-corrected chi connectivity index (χ0v) is 13.9. The van der Waals surface area contributed by atoms with Gasteiger partial charge >= 0.3 is 5.69 Å². The first-order valence-corrected chi connectivity index (χ1v) is 7.73. The third-order valence-corrected chi connectivity index (χ3v) is 3.92. The van der Waals surface area contributed by atoms with Crippen molar-refractivity contribution in [3.63, 3.8) is 0 Å². The molecule has 0 unspecified atom stereocenters. The summed E-state index contributed by atoms with van der Waals surface area (Å²) in [4.78, 5) is 32.6. The molecular weight excluding hydrogens is 304 g/mol. The lowest BCUT2D eigenvalue weighted by Crippen LogP contribution is -2.36. The molecule has 122 valence electrons. The van der Waals surface area contributed by atoms with E-state index in [0.29, 0.717) is 18.1 Å². The van der Waals surface area contributed by atoms with Gasteiger partial charge in [0.05, 0.1) is 5.69 Å². The number of aryl methyl sites for hydroxylation is 1. The van der Waals surface area contributed by atoms with E-state index in [1.54, 1.807) is 4.57 Å². The Hall–Kier alpha value is -3.02. The van der Waals surface area contributed by atoms with Crippen molar-refractivity contribution >= 4 is 11.6 Å². The number of hydrogen-bond acceptors (Lipinski definition) is 4. The van der Waals surface area contributed by atoms with Crippen LogP contribution in [0.3, 0.4) is 0 Å². The highest BCUT2D eigenvalue weighted by molar-refractivity contribution is 5.79. The van der Waals surface area contributed by atoms with Crippen LogP contribution in [0, 0.1) is 0 Å². The van der Waals surface area contributed by atoms with Crippen LogP contribution in [0.25, 0.3) is 23.2 Å². The van der Waals surface area contributed by atoms with E-state index >= 15 is 0 Å². The molecule has 2 aliphatic rings. The largest absolute Gasteiger partial charge is 0.352 e. The maximum absolute atomic E-state index is 12.4. The van der Waals surface area contributed by atoms with E-state index in [9.17, 15) is 9.59 Å². The normalized spacial score (nSPS) is 11.9. The molecule has 3 rings (SSSR count). The van der Waals surface area contributed by atoms with E-state index in [4.69, 9.17) is 0 Å². The third-order valence-electron chi connectivity index (χ3n) is 3.92. The number of aromatic nitrogens is 4. The quantitative estimate of drug-likeness (QED) is 0.740. The Bertz CT molecular complexity index is 1000. The van der Waals surface area contributed by atoms with Gasteiger partial charge in [0.15, 0.2) is 11.5 Å². The Balaban J connectivity index is 2.23. The summed E-state index contributed by atoms with van der Waals surface area (Å²) in [5.41, 5.74) is 1.88. The van der Waals surface area contributed by atoms with Crippen LogP contribution in [0.2, 0.25) is 0 Å². The Morgan fingerprint density at radius 3 is 2.54 bits per heavy atom. The number of nitrogens with zero attached hydrogens (tertiary/aromatic N) is 4. The van der Waals surface area contributed by atoms with E-state index < -0.39 is 11.2 Å². The summed E-state index contributed by atoms with van der Waals surface area (Å²) in [6, 6.07) is 9.90. The zero-order chi connectivity index (χ0) is 17.3. The predicted molar refractivity (Wildman–Crippen MR) is 93.8 cm³/mol. The molecule has 0 N–H and O–H groups in total. The molecular formula is C18H18N4O2. The second-order valence-electron chi connectivity index (χ2n) is 5.58. The standard InChI is InChI=1S/C18H18N4O2/c1-4-22-11-14(12(2)10-13-8-6-5-7-9-13)19-15-16(22)20-18(24)21(3)17(15)23/h5-11H,4H2,1-3H3/b12-10+. The van der Waals surface area contributed by atoms with Crippen LogP contribution < -0.4 is 11.2 Å². The van der Waals surface area contributed by atoms with Crippen molar-refractivity contribution in [3.8, 4) is 11.5 Å². The van der Waals surface area contributed by atoms with Crippen LogP contribution >= 0.6 is 0 Å². The molecule has 0 atom stereocenters. The summed E-state index contributed by atoms with van der Waals surface area (Å²) in [6.07, 6.45) is 3.83. The van der Waals surface area contributed by atoms with E-state index in [1.807, 2.05) is 56.5 Å². The first kappa shape index (κ1) is 15.9. The van der Waals surface area contributed by atoms with Crippen molar-refractivity contribution in [3.05, 3.63) is 68.6 Å². The number of fused-ring (bicyclic) bond motifs is 1. The molecule has 0 saturated heterocycles. The van der Waals surface area contributed by atoms with Gasteiger partial charge in [-0.3, -0.25) is 9.36 Å². The van der Waals surface area contributed by atoms with Gasteiger partial charge in [0.1, 0.15) is 0 Å². The summed E-state index contributed by atoms with van der Waals surface area (Å²) in [6.45, 7) is 4.47. The maximum Gasteiger partial charge on any atom is 0.352 e. The van der Waals surface area contributed by atoms with Gasteiger partial charge in [0.2, 0.25) is 0 Å². The maximum atomic E-state index is 12.4. The summed E-state index contributed by atoms with van der Waals surface area (Å²) in [5.74, 6) is 0.321. The van der Waals surface area contributed by atoms with Gasteiger partial charge in [-0.05, 0) is 31.1 Å². The van der Waals surface area contributed by atoms with Gasteiger partial charge in [-0.1, -0.05) is 30.3 Å². The van der Waals surface area contributed by atoms with Crippen molar-refractivity contribution in [2.24, 2.45) is 7.05 Å². The Kier molecular flexibility index (Phi) is 4.12. The highest BCUT2D eigenvalue weighted by atomic mass is 16.2. The first-order valence-electron chi connectivity index (χ1n) is 7.73. The third kappa shape index (κ3) is 2.78. The van der Waals surface area contributed by atoms with Crippen molar-refractivity contribution < 1.29 is 0 Å². The van der Waals surface area contributed by atoms with Gasteiger partial charge in [-0.25, -0.2) is 9.78 Å². The molecule has 24 heavy (non-hydrogen) atoms. The second-order valence-corrected chi connectivity index (χ2v) is 5.58. The van der Waals surface area contributed by atoms with Crippen LogP contribution in [0.15, 0.2) is 46.1 Å². The average molecular weight is 322 g/mol. The van der Waals surface area contributed by atoms with Crippen molar-refractivity contribution in [2.75, 3.05) is 0 Å². The Morgan fingerprint density at radius 2 is 1.88 bits per heavy atom. The molecule has 0 fully saturated rings. The molecule has 6 nitrogen and oxygen atoms in total. The van der Waals surface area contributed by atoms with Crippen LogP contribution in [0.1, 0.15) is 25.1 Å². The van der Waals surface area contributed by atoms with Crippen LogP contribution in [-0.2, 0) is 13.6 Å². The van der Waals surface area contributed by atoms with Crippen molar-refractivity contribution in [2.45, 2.75) is 20.4 Å². The fourth-order valence-corrected chi connectivity index (χ4v) is 2.52.